The fraction of sp³-hybridized carbons (Fsp3) is 0.750. The highest BCUT2D eigenvalue weighted by atomic mass is 19.4. The van der Waals surface area contributed by atoms with Crippen molar-refractivity contribution in [3.05, 3.63) is 0 Å². The molecule has 5 nitrogen and oxygen atoms in total. The van der Waals surface area contributed by atoms with E-state index in [9.17, 15) is 22.8 Å². The first-order chi connectivity index (χ1) is 7.29. The van der Waals surface area contributed by atoms with Crippen LogP contribution in [0.25, 0.3) is 0 Å². The number of nitrogens with one attached hydrogen (secondary N) is 1. The van der Waals surface area contributed by atoms with Crippen LogP contribution in [0.1, 0.15) is 12.8 Å². The van der Waals surface area contributed by atoms with E-state index in [4.69, 9.17) is 9.84 Å². The Morgan fingerprint density at radius 2 is 1.88 bits per heavy atom. The molecule has 0 unspecified atom stereocenters. The van der Waals surface area contributed by atoms with Gasteiger partial charge in [-0.1, -0.05) is 0 Å². The molecule has 0 saturated carbocycles. The van der Waals surface area contributed by atoms with Gasteiger partial charge in [0, 0.05) is 0 Å². The highest BCUT2D eigenvalue weighted by Gasteiger charge is 2.36. The fourth-order valence-electron chi connectivity index (χ4n) is 1.31. The average molecular weight is 241 g/mol. The summed E-state index contributed by atoms with van der Waals surface area (Å²) in [4.78, 5) is 21.6. The monoisotopic (exact) mass is 241 g/mol. The van der Waals surface area contributed by atoms with Gasteiger partial charge in [0.05, 0.1) is 0 Å². The first-order valence-electron chi connectivity index (χ1n) is 4.52. The van der Waals surface area contributed by atoms with Gasteiger partial charge in [-0.2, -0.15) is 13.2 Å². The summed E-state index contributed by atoms with van der Waals surface area (Å²) < 4.78 is 40.0. The molecule has 0 bridgehead atoms. The minimum Gasteiger partial charge on any atom is -0.479 e. The number of carbonyl (C=O) groups is 2. The molecular formula is C8H10F3NO4. The molecule has 0 aromatic heterocycles. The van der Waals surface area contributed by atoms with Crippen molar-refractivity contribution >= 4 is 11.9 Å². The summed E-state index contributed by atoms with van der Waals surface area (Å²) in [5.74, 6) is -2.15. The SMILES string of the molecule is O=C(NCC(F)(F)F)[C@@H]1CC[C@H](C(=O)O)O1. The van der Waals surface area contributed by atoms with E-state index in [0.717, 1.165) is 0 Å². The smallest absolute Gasteiger partial charge is 0.405 e. The van der Waals surface area contributed by atoms with E-state index in [1.54, 1.807) is 5.32 Å². The molecule has 0 spiro atoms. The summed E-state index contributed by atoms with van der Waals surface area (Å²) >= 11 is 0. The lowest BCUT2D eigenvalue weighted by molar-refractivity contribution is -0.154. The number of hydrogen-bond acceptors (Lipinski definition) is 3. The maximum Gasteiger partial charge on any atom is 0.405 e. The number of carboxylic acid groups (broad SMARTS) is 1. The van der Waals surface area contributed by atoms with Gasteiger partial charge in [-0.15, -0.1) is 0 Å². The summed E-state index contributed by atoms with van der Waals surface area (Å²) in [6.45, 7) is -1.44. The minimum absolute atomic E-state index is 0.112. The Morgan fingerprint density at radius 1 is 1.31 bits per heavy atom. The highest BCUT2D eigenvalue weighted by Crippen LogP contribution is 2.20. The van der Waals surface area contributed by atoms with Gasteiger partial charge in [-0.3, -0.25) is 4.79 Å². The Bertz CT molecular complexity index is 291. The number of rotatable bonds is 3. The molecular weight excluding hydrogens is 231 g/mol. The second-order valence-electron chi connectivity index (χ2n) is 3.36. The molecule has 1 aliphatic rings. The summed E-state index contributed by atoms with van der Waals surface area (Å²) in [5, 5.41) is 10.2. The zero-order valence-corrected chi connectivity index (χ0v) is 8.08. The van der Waals surface area contributed by atoms with Crippen LogP contribution in [0, 0.1) is 0 Å². The Balaban J connectivity index is 2.37. The molecule has 2 N–H and O–H groups in total. The second kappa shape index (κ2) is 4.69. The van der Waals surface area contributed by atoms with Crippen LogP contribution in [-0.2, 0) is 14.3 Å². The van der Waals surface area contributed by atoms with Gasteiger partial charge < -0.3 is 15.2 Å². The van der Waals surface area contributed by atoms with Crippen molar-refractivity contribution < 1.29 is 32.6 Å². The van der Waals surface area contributed by atoms with E-state index < -0.39 is 36.8 Å². The second-order valence-corrected chi connectivity index (χ2v) is 3.36. The molecule has 1 amide bonds. The van der Waals surface area contributed by atoms with Gasteiger partial charge >= 0.3 is 12.1 Å². The molecule has 0 radical (unpaired) electrons. The molecule has 0 aromatic rings. The standard InChI is InChI=1S/C8H10F3NO4/c9-8(10,11)3-12-6(13)4-1-2-5(16-4)7(14)15/h4-5H,1-3H2,(H,12,13)(H,14,15)/t4-,5+/m0/s1. The number of amides is 1. The molecule has 0 aromatic carbocycles. The van der Waals surface area contributed by atoms with Crippen LogP contribution in [0.4, 0.5) is 13.2 Å². The number of ether oxygens (including phenoxy) is 1. The molecule has 16 heavy (non-hydrogen) atoms. The van der Waals surface area contributed by atoms with Crippen molar-refractivity contribution in [1.82, 2.24) is 5.32 Å². The zero-order chi connectivity index (χ0) is 12.3. The van der Waals surface area contributed by atoms with Crippen LogP contribution in [0.3, 0.4) is 0 Å². The molecule has 1 saturated heterocycles. The third-order valence-electron chi connectivity index (χ3n) is 2.05. The maximum absolute atomic E-state index is 11.8. The zero-order valence-electron chi connectivity index (χ0n) is 8.08. The lowest BCUT2D eigenvalue weighted by Gasteiger charge is -2.12. The van der Waals surface area contributed by atoms with Crippen molar-refractivity contribution in [3.63, 3.8) is 0 Å². The van der Waals surface area contributed by atoms with Crippen molar-refractivity contribution in [2.24, 2.45) is 0 Å². The Hall–Kier alpha value is -1.31. The highest BCUT2D eigenvalue weighted by molar-refractivity contribution is 5.82. The lowest BCUT2D eigenvalue weighted by atomic mass is 10.2. The van der Waals surface area contributed by atoms with Crippen molar-refractivity contribution in [3.8, 4) is 0 Å². The number of carboxylic acids is 1. The first kappa shape index (κ1) is 12.8. The Morgan fingerprint density at radius 3 is 2.31 bits per heavy atom. The van der Waals surface area contributed by atoms with Crippen LogP contribution in [0.5, 0.6) is 0 Å². The molecule has 0 aliphatic carbocycles. The number of aliphatic carboxylic acids is 1. The number of alkyl halides is 3. The van der Waals surface area contributed by atoms with Crippen LogP contribution < -0.4 is 5.32 Å². The third-order valence-corrected chi connectivity index (χ3v) is 2.05. The van der Waals surface area contributed by atoms with Gasteiger partial charge in [0.1, 0.15) is 12.6 Å². The molecule has 1 aliphatic heterocycles. The van der Waals surface area contributed by atoms with Crippen molar-refractivity contribution in [2.75, 3.05) is 6.54 Å². The quantitative estimate of drug-likeness (QED) is 0.745. The van der Waals surface area contributed by atoms with Gasteiger partial charge in [0.2, 0.25) is 5.91 Å². The van der Waals surface area contributed by atoms with E-state index in [2.05, 4.69) is 0 Å². The molecule has 1 rings (SSSR count). The van der Waals surface area contributed by atoms with Gasteiger partial charge in [0.25, 0.3) is 0 Å². The number of halogens is 3. The molecule has 1 fully saturated rings. The predicted molar refractivity (Wildman–Crippen MR) is 44.6 cm³/mol. The van der Waals surface area contributed by atoms with E-state index in [-0.39, 0.29) is 12.8 Å². The Kier molecular flexibility index (Phi) is 3.74. The van der Waals surface area contributed by atoms with E-state index >= 15 is 0 Å². The Labute approximate surface area is 88.6 Å². The number of hydrogen-bond donors (Lipinski definition) is 2. The van der Waals surface area contributed by atoms with E-state index in [0.29, 0.717) is 0 Å². The van der Waals surface area contributed by atoms with Gasteiger partial charge in [0.15, 0.2) is 6.10 Å². The topological polar surface area (TPSA) is 75.6 Å². The van der Waals surface area contributed by atoms with Crippen LogP contribution in [-0.4, -0.2) is 41.9 Å². The largest absolute Gasteiger partial charge is 0.479 e. The third kappa shape index (κ3) is 3.69. The van der Waals surface area contributed by atoms with Gasteiger partial charge in [-0.25, -0.2) is 4.79 Å². The first-order valence-corrected chi connectivity index (χ1v) is 4.52. The average Bonchev–Trinajstić information content (AvgIpc) is 2.61. The summed E-state index contributed by atoms with van der Waals surface area (Å²) in [6, 6.07) is 0. The van der Waals surface area contributed by atoms with E-state index in [1.165, 1.54) is 0 Å². The minimum atomic E-state index is -4.49. The normalized spacial score (nSPS) is 25.4. The summed E-state index contributed by atoms with van der Waals surface area (Å²) in [7, 11) is 0. The molecule has 2 atom stereocenters. The predicted octanol–water partition coefficient (Wildman–Crippen LogP) is 0.297. The summed E-state index contributed by atoms with van der Waals surface area (Å²) in [6.07, 6.45) is -6.47. The van der Waals surface area contributed by atoms with Crippen LogP contribution in [0.2, 0.25) is 0 Å². The maximum atomic E-state index is 11.8. The van der Waals surface area contributed by atoms with E-state index in [1.807, 2.05) is 0 Å². The van der Waals surface area contributed by atoms with Crippen LogP contribution in [0.15, 0.2) is 0 Å². The number of carbonyl (C=O) groups excluding carboxylic acids is 1. The molecule has 92 valence electrons. The lowest BCUT2D eigenvalue weighted by Crippen LogP contribution is -2.40. The fourth-order valence-corrected chi connectivity index (χ4v) is 1.31. The van der Waals surface area contributed by atoms with Crippen LogP contribution >= 0.6 is 0 Å². The summed E-state index contributed by atoms with van der Waals surface area (Å²) in [5.41, 5.74) is 0. The van der Waals surface area contributed by atoms with Crippen molar-refractivity contribution in [2.45, 2.75) is 31.2 Å². The molecule has 1 heterocycles. The van der Waals surface area contributed by atoms with Gasteiger partial charge in [-0.05, 0) is 12.8 Å². The molecule has 8 heteroatoms. The van der Waals surface area contributed by atoms with Crippen molar-refractivity contribution in [1.29, 1.82) is 0 Å².